The smallest absolute Gasteiger partial charge is 0.224 e. The van der Waals surface area contributed by atoms with E-state index < -0.39 is 0 Å². The molecule has 2 rings (SSSR count). The van der Waals surface area contributed by atoms with Crippen molar-refractivity contribution >= 4 is 23.1 Å². The van der Waals surface area contributed by atoms with E-state index >= 15 is 0 Å². The second-order valence-electron chi connectivity index (χ2n) is 3.71. The molecule has 0 fully saturated rings. The van der Waals surface area contributed by atoms with Crippen molar-refractivity contribution in [2.75, 3.05) is 17.7 Å². The van der Waals surface area contributed by atoms with E-state index in [1.54, 1.807) is 24.6 Å². The van der Waals surface area contributed by atoms with Crippen LogP contribution in [0.5, 0.6) is 0 Å². The molecule has 2 aromatic rings. The van der Waals surface area contributed by atoms with Crippen LogP contribution >= 0.6 is 11.3 Å². The summed E-state index contributed by atoms with van der Waals surface area (Å²) in [6, 6.07) is 1.99. The minimum Gasteiger partial charge on any atom is -0.361 e. The number of hydrogen-bond donors (Lipinski definition) is 2. The molecular weight excluding hydrogens is 234 g/mol. The molecule has 0 amide bonds. The zero-order valence-corrected chi connectivity index (χ0v) is 10.9. The fourth-order valence-electron chi connectivity index (χ4n) is 1.41. The maximum atomic E-state index is 4.45. The van der Waals surface area contributed by atoms with Crippen LogP contribution in [-0.4, -0.2) is 22.0 Å². The average Bonchev–Trinajstić information content (AvgIpc) is 2.76. The maximum Gasteiger partial charge on any atom is 0.224 e. The van der Waals surface area contributed by atoms with Crippen LogP contribution in [0, 0.1) is 6.92 Å². The van der Waals surface area contributed by atoms with Crippen molar-refractivity contribution in [3.63, 3.8) is 0 Å². The molecule has 0 saturated heterocycles. The van der Waals surface area contributed by atoms with Crippen LogP contribution < -0.4 is 10.6 Å². The first-order chi connectivity index (χ1) is 8.19. The molecule has 2 heterocycles. The molecule has 1 unspecified atom stereocenters. The number of thiazole rings is 1. The van der Waals surface area contributed by atoms with Gasteiger partial charge in [0.05, 0.1) is 6.04 Å². The molecule has 0 spiro atoms. The summed E-state index contributed by atoms with van der Waals surface area (Å²) in [6.45, 7) is 4.07. The monoisotopic (exact) mass is 249 g/mol. The van der Waals surface area contributed by atoms with Crippen molar-refractivity contribution in [1.82, 2.24) is 15.0 Å². The quantitative estimate of drug-likeness (QED) is 0.871. The number of nitrogens with zero attached hydrogens (tertiary/aromatic N) is 3. The molecule has 17 heavy (non-hydrogen) atoms. The lowest BCUT2D eigenvalue weighted by atomic mass is 10.3. The maximum absolute atomic E-state index is 4.45. The fourth-order valence-corrected chi connectivity index (χ4v) is 2.22. The zero-order chi connectivity index (χ0) is 12.3. The lowest BCUT2D eigenvalue weighted by Gasteiger charge is -2.12. The molecule has 0 saturated carbocycles. The van der Waals surface area contributed by atoms with Crippen LogP contribution in [0.25, 0.3) is 0 Å². The van der Waals surface area contributed by atoms with Crippen LogP contribution in [0.2, 0.25) is 0 Å². The first-order valence-corrected chi connectivity index (χ1v) is 6.26. The normalized spacial score (nSPS) is 12.2. The Morgan fingerprint density at radius 1 is 1.35 bits per heavy atom. The van der Waals surface area contributed by atoms with Crippen molar-refractivity contribution in [3.8, 4) is 0 Å². The second-order valence-corrected chi connectivity index (χ2v) is 4.60. The van der Waals surface area contributed by atoms with Crippen molar-refractivity contribution in [3.05, 3.63) is 28.3 Å². The molecule has 90 valence electrons. The van der Waals surface area contributed by atoms with Gasteiger partial charge in [0.15, 0.2) is 0 Å². The van der Waals surface area contributed by atoms with Gasteiger partial charge in [-0.05, 0) is 19.9 Å². The highest BCUT2D eigenvalue weighted by Gasteiger charge is 2.09. The Morgan fingerprint density at radius 3 is 2.82 bits per heavy atom. The van der Waals surface area contributed by atoms with E-state index in [0.717, 1.165) is 16.5 Å². The number of anilines is 2. The largest absolute Gasteiger partial charge is 0.361 e. The van der Waals surface area contributed by atoms with Crippen LogP contribution in [0.4, 0.5) is 11.8 Å². The Balaban J connectivity index is 2.09. The number of hydrogen-bond acceptors (Lipinski definition) is 6. The van der Waals surface area contributed by atoms with Gasteiger partial charge >= 0.3 is 0 Å². The third-order valence-corrected chi connectivity index (χ3v) is 3.40. The van der Waals surface area contributed by atoms with Crippen molar-refractivity contribution < 1.29 is 0 Å². The highest BCUT2D eigenvalue weighted by atomic mass is 32.1. The van der Waals surface area contributed by atoms with Crippen molar-refractivity contribution in [2.24, 2.45) is 0 Å². The summed E-state index contributed by atoms with van der Waals surface area (Å²) in [4.78, 5) is 12.8. The van der Waals surface area contributed by atoms with Crippen LogP contribution in [-0.2, 0) is 0 Å². The number of rotatable bonds is 4. The highest BCUT2D eigenvalue weighted by Crippen LogP contribution is 2.21. The first kappa shape index (κ1) is 11.8. The Bertz CT molecular complexity index is 496. The molecule has 5 nitrogen and oxygen atoms in total. The molecule has 2 aromatic heterocycles. The van der Waals surface area contributed by atoms with Gasteiger partial charge in [0.2, 0.25) is 5.95 Å². The van der Waals surface area contributed by atoms with E-state index in [9.17, 15) is 0 Å². The predicted molar refractivity (Wildman–Crippen MR) is 70.5 cm³/mol. The van der Waals surface area contributed by atoms with Crippen LogP contribution in [0.15, 0.2) is 17.6 Å². The average molecular weight is 249 g/mol. The van der Waals surface area contributed by atoms with Gasteiger partial charge in [-0.1, -0.05) is 0 Å². The summed E-state index contributed by atoms with van der Waals surface area (Å²) in [6.07, 6.45) is 1.72. The Morgan fingerprint density at radius 2 is 2.18 bits per heavy atom. The molecule has 2 N–H and O–H groups in total. The summed E-state index contributed by atoms with van der Waals surface area (Å²) in [7, 11) is 1.80. The van der Waals surface area contributed by atoms with Gasteiger partial charge in [0, 0.05) is 24.3 Å². The minimum absolute atomic E-state index is 0.147. The standard InChI is InChI=1S/C11H15N5S/c1-7-6-17-10(14-7)8(2)15-9-4-5-13-11(12-3)16-9/h4-6,8H,1-3H3,(H2,12,13,15,16). The van der Waals surface area contributed by atoms with E-state index in [4.69, 9.17) is 0 Å². The second kappa shape index (κ2) is 5.09. The number of aromatic nitrogens is 3. The van der Waals surface area contributed by atoms with Gasteiger partial charge in [0.1, 0.15) is 10.8 Å². The lowest BCUT2D eigenvalue weighted by Crippen LogP contribution is -2.09. The molecule has 6 heteroatoms. The van der Waals surface area contributed by atoms with Gasteiger partial charge < -0.3 is 10.6 Å². The zero-order valence-electron chi connectivity index (χ0n) is 10.1. The summed E-state index contributed by atoms with van der Waals surface area (Å²) in [5.74, 6) is 1.40. The SMILES string of the molecule is CNc1nccc(NC(C)c2nc(C)cs2)n1. The third kappa shape index (κ3) is 2.91. The summed E-state index contributed by atoms with van der Waals surface area (Å²) in [5, 5.41) is 9.32. The van der Waals surface area contributed by atoms with Gasteiger partial charge in [0.25, 0.3) is 0 Å². The molecule has 0 aliphatic rings. The molecule has 0 aliphatic heterocycles. The predicted octanol–water partition coefficient (Wildman–Crippen LogP) is 2.46. The van der Waals surface area contributed by atoms with E-state index in [1.165, 1.54) is 0 Å². The Kier molecular flexibility index (Phi) is 3.53. The van der Waals surface area contributed by atoms with E-state index in [1.807, 2.05) is 18.4 Å². The highest BCUT2D eigenvalue weighted by molar-refractivity contribution is 7.09. The molecule has 0 aromatic carbocycles. The minimum atomic E-state index is 0.147. The Labute approximate surface area is 104 Å². The van der Waals surface area contributed by atoms with Crippen LogP contribution in [0.1, 0.15) is 23.7 Å². The first-order valence-electron chi connectivity index (χ1n) is 5.38. The third-order valence-electron chi connectivity index (χ3n) is 2.25. The Hall–Kier alpha value is -1.69. The van der Waals surface area contributed by atoms with E-state index in [-0.39, 0.29) is 6.04 Å². The number of aryl methyl sites for hydroxylation is 1. The number of nitrogens with one attached hydrogen (secondary N) is 2. The van der Waals surface area contributed by atoms with Crippen molar-refractivity contribution in [1.29, 1.82) is 0 Å². The van der Waals surface area contributed by atoms with Crippen LogP contribution in [0.3, 0.4) is 0 Å². The molecule has 0 bridgehead atoms. The van der Waals surface area contributed by atoms with E-state index in [2.05, 4.69) is 32.5 Å². The van der Waals surface area contributed by atoms with Gasteiger partial charge in [-0.2, -0.15) is 4.98 Å². The lowest BCUT2D eigenvalue weighted by molar-refractivity contribution is 0.854. The van der Waals surface area contributed by atoms with E-state index in [0.29, 0.717) is 5.95 Å². The summed E-state index contributed by atoms with van der Waals surface area (Å²) >= 11 is 1.65. The summed E-state index contributed by atoms with van der Waals surface area (Å²) < 4.78 is 0. The molecular formula is C11H15N5S. The van der Waals surface area contributed by atoms with Gasteiger partial charge in [-0.3, -0.25) is 0 Å². The van der Waals surface area contributed by atoms with Crippen molar-refractivity contribution in [2.45, 2.75) is 19.9 Å². The van der Waals surface area contributed by atoms with Gasteiger partial charge in [-0.15, -0.1) is 11.3 Å². The molecule has 0 radical (unpaired) electrons. The van der Waals surface area contributed by atoms with Gasteiger partial charge in [-0.25, -0.2) is 9.97 Å². The molecule has 0 aliphatic carbocycles. The molecule has 1 atom stereocenters. The fraction of sp³-hybridized carbons (Fsp3) is 0.364. The topological polar surface area (TPSA) is 62.7 Å². The summed E-state index contributed by atoms with van der Waals surface area (Å²) in [5.41, 5.74) is 1.05.